The number of hydrogen-bond donors (Lipinski definition) is 4. The van der Waals surface area contributed by atoms with Crippen molar-refractivity contribution in [2.24, 2.45) is 0 Å². The standard InChI is InChI=1S/C32H32N8O4/c1-21(2)29(41)37-10-5-11-38-32(44)28(40-31(43)27-13-25(17-36-19-27)23-7-4-9-34-15-23)20-39-30(42)26-12-24(16-35-18-26)22-6-3-8-33-14-22/h3-4,6-9,12-19,28H,1,5,10-11,20H2,2H3,(H,37,41)(H,38,44)(H,39,42)(H,40,43). The van der Waals surface area contributed by atoms with Crippen molar-refractivity contribution < 1.29 is 19.2 Å². The molecule has 1 atom stereocenters. The summed E-state index contributed by atoms with van der Waals surface area (Å²) in [6.07, 6.45) is 13.1. The quantitative estimate of drug-likeness (QED) is 0.136. The van der Waals surface area contributed by atoms with Crippen molar-refractivity contribution in [2.75, 3.05) is 19.6 Å². The number of pyridine rings is 4. The largest absolute Gasteiger partial charge is 0.354 e. The molecule has 4 amide bonds. The molecule has 0 fully saturated rings. The normalized spacial score (nSPS) is 11.1. The molecule has 0 bridgehead atoms. The van der Waals surface area contributed by atoms with Crippen LogP contribution in [0.15, 0.2) is 98.1 Å². The van der Waals surface area contributed by atoms with E-state index in [1.165, 1.54) is 12.4 Å². The molecule has 0 aliphatic rings. The Labute approximate surface area is 254 Å². The van der Waals surface area contributed by atoms with Crippen molar-refractivity contribution in [2.45, 2.75) is 19.4 Å². The molecule has 0 radical (unpaired) electrons. The zero-order chi connectivity index (χ0) is 31.3. The van der Waals surface area contributed by atoms with Gasteiger partial charge in [-0.15, -0.1) is 0 Å². The molecule has 0 saturated carbocycles. The van der Waals surface area contributed by atoms with Gasteiger partial charge in [-0.05, 0) is 37.6 Å². The van der Waals surface area contributed by atoms with Crippen LogP contribution in [0.25, 0.3) is 22.3 Å². The van der Waals surface area contributed by atoms with Crippen LogP contribution in [0, 0.1) is 0 Å². The lowest BCUT2D eigenvalue weighted by atomic mass is 10.1. The highest BCUT2D eigenvalue weighted by Crippen LogP contribution is 2.19. The monoisotopic (exact) mass is 592 g/mol. The molecule has 0 spiro atoms. The molecule has 4 N–H and O–H groups in total. The Balaban J connectivity index is 1.44. The number of nitrogens with zero attached hydrogens (tertiary/aromatic N) is 4. The molecule has 224 valence electrons. The maximum Gasteiger partial charge on any atom is 0.253 e. The molecule has 0 aromatic carbocycles. The molecule has 12 nitrogen and oxygen atoms in total. The predicted molar refractivity (Wildman–Crippen MR) is 164 cm³/mol. The number of aromatic nitrogens is 4. The predicted octanol–water partition coefficient (Wildman–Crippen LogP) is 2.33. The van der Waals surface area contributed by atoms with Gasteiger partial charge in [0.1, 0.15) is 6.04 Å². The lowest BCUT2D eigenvalue weighted by Gasteiger charge is -2.19. The highest BCUT2D eigenvalue weighted by molar-refractivity contribution is 5.99. The first-order chi connectivity index (χ1) is 21.3. The molecule has 0 aliphatic carbocycles. The summed E-state index contributed by atoms with van der Waals surface area (Å²) in [5, 5.41) is 10.9. The number of carbonyl (C=O) groups is 4. The fourth-order valence-electron chi connectivity index (χ4n) is 4.03. The van der Waals surface area contributed by atoms with E-state index in [9.17, 15) is 19.2 Å². The molecular weight excluding hydrogens is 560 g/mol. The van der Waals surface area contributed by atoms with E-state index in [4.69, 9.17) is 0 Å². The number of hydrogen-bond acceptors (Lipinski definition) is 8. The zero-order valence-corrected chi connectivity index (χ0v) is 24.1. The van der Waals surface area contributed by atoms with Gasteiger partial charge >= 0.3 is 0 Å². The summed E-state index contributed by atoms with van der Waals surface area (Å²) >= 11 is 0. The van der Waals surface area contributed by atoms with E-state index in [-0.39, 0.29) is 30.1 Å². The molecule has 4 heterocycles. The first kappa shape index (κ1) is 31.2. The molecule has 4 aromatic rings. The van der Waals surface area contributed by atoms with Crippen LogP contribution in [0.3, 0.4) is 0 Å². The van der Waals surface area contributed by atoms with Gasteiger partial charge in [0.05, 0.1) is 11.1 Å². The van der Waals surface area contributed by atoms with Crippen LogP contribution < -0.4 is 21.3 Å². The average molecular weight is 593 g/mol. The van der Waals surface area contributed by atoms with E-state index < -0.39 is 23.8 Å². The van der Waals surface area contributed by atoms with Crippen molar-refractivity contribution in [1.82, 2.24) is 41.2 Å². The Morgan fingerprint density at radius 2 is 1.25 bits per heavy atom. The highest BCUT2D eigenvalue weighted by Gasteiger charge is 2.23. The second-order valence-electron chi connectivity index (χ2n) is 9.82. The molecule has 44 heavy (non-hydrogen) atoms. The minimum Gasteiger partial charge on any atom is -0.354 e. The van der Waals surface area contributed by atoms with Gasteiger partial charge in [0.2, 0.25) is 11.8 Å². The fraction of sp³-hybridized carbons (Fsp3) is 0.188. The smallest absolute Gasteiger partial charge is 0.253 e. The van der Waals surface area contributed by atoms with E-state index in [1.54, 1.807) is 68.4 Å². The van der Waals surface area contributed by atoms with Gasteiger partial charge in [-0.3, -0.25) is 39.1 Å². The second-order valence-corrected chi connectivity index (χ2v) is 9.82. The number of rotatable bonds is 13. The van der Waals surface area contributed by atoms with Crippen molar-refractivity contribution in [3.05, 3.63) is 109 Å². The van der Waals surface area contributed by atoms with Crippen molar-refractivity contribution >= 4 is 23.6 Å². The van der Waals surface area contributed by atoms with Gasteiger partial charge in [0.15, 0.2) is 0 Å². The van der Waals surface area contributed by atoms with Gasteiger partial charge in [-0.1, -0.05) is 18.7 Å². The Kier molecular flexibility index (Phi) is 10.9. The van der Waals surface area contributed by atoms with Gasteiger partial charge in [-0.25, -0.2) is 0 Å². The van der Waals surface area contributed by atoms with Gasteiger partial charge in [0, 0.05) is 97.0 Å². The third kappa shape index (κ3) is 8.86. The molecular formula is C32H32N8O4. The van der Waals surface area contributed by atoms with Crippen LogP contribution in [0.1, 0.15) is 34.1 Å². The first-order valence-corrected chi connectivity index (χ1v) is 13.8. The summed E-state index contributed by atoms with van der Waals surface area (Å²) in [6.45, 7) is 5.54. The van der Waals surface area contributed by atoms with Crippen LogP contribution in [-0.4, -0.2) is 69.2 Å². The Morgan fingerprint density at radius 1 is 0.705 bits per heavy atom. The van der Waals surface area contributed by atoms with Crippen LogP contribution >= 0.6 is 0 Å². The van der Waals surface area contributed by atoms with E-state index in [2.05, 4.69) is 47.8 Å². The minimum atomic E-state index is -1.12. The SMILES string of the molecule is C=C(C)C(=O)NCCCNC(=O)C(CNC(=O)c1cncc(-c2cccnc2)c1)NC(=O)c1cncc(-c2cccnc2)c1. The van der Waals surface area contributed by atoms with Crippen molar-refractivity contribution in [3.8, 4) is 22.3 Å². The molecule has 0 saturated heterocycles. The topological polar surface area (TPSA) is 168 Å². The number of nitrogens with one attached hydrogen (secondary N) is 4. The average Bonchev–Trinajstić information content (AvgIpc) is 3.06. The van der Waals surface area contributed by atoms with E-state index in [0.29, 0.717) is 29.7 Å². The third-order valence-corrected chi connectivity index (χ3v) is 6.41. The van der Waals surface area contributed by atoms with Crippen LogP contribution in [0.2, 0.25) is 0 Å². The Hall–Kier alpha value is -5.78. The molecule has 1 unspecified atom stereocenters. The minimum absolute atomic E-state index is 0.199. The van der Waals surface area contributed by atoms with Crippen molar-refractivity contribution in [3.63, 3.8) is 0 Å². The van der Waals surface area contributed by atoms with E-state index >= 15 is 0 Å². The lowest BCUT2D eigenvalue weighted by molar-refractivity contribution is -0.122. The van der Waals surface area contributed by atoms with Crippen LogP contribution in [-0.2, 0) is 9.59 Å². The zero-order valence-electron chi connectivity index (χ0n) is 24.1. The molecule has 12 heteroatoms. The highest BCUT2D eigenvalue weighted by atomic mass is 16.2. The lowest BCUT2D eigenvalue weighted by Crippen LogP contribution is -2.53. The van der Waals surface area contributed by atoms with Gasteiger partial charge < -0.3 is 21.3 Å². The van der Waals surface area contributed by atoms with E-state index in [1.807, 2.05) is 12.1 Å². The van der Waals surface area contributed by atoms with Crippen molar-refractivity contribution in [1.29, 1.82) is 0 Å². The molecule has 4 aromatic heterocycles. The van der Waals surface area contributed by atoms with Crippen LogP contribution in [0.4, 0.5) is 0 Å². The summed E-state index contributed by atoms with van der Waals surface area (Å²) in [6, 6.07) is 9.45. The summed E-state index contributed by atoms with van der Waals surface area (Å²) in [4.78, 5) is 67.7. The van der Waals surface area contributed by atoms with Crippen LogP contribution in [0.5, 0.6) is 0 Å². The maximum absolute atomic E-state index is 13.2. The third-order valence-electron chi connectivity index (χ3n) is 6.41. The number of amides is 4. The second kappa shape index (κ2) is 15.4. The number of carbonyl (C=O) groups excluding carboxylic acids is 4. The maximum atomic E-state index is 13.2. The summed E-state index contributed by atoms with van der Waals surface area (Å²) in [5.74, 6) is -1.80. The first-order valence-electron chi connectivity index (χ1n) is 13.8. The van der Waals surface area contributed by atoms with Gasteiger partial charge in [-0.2, -0.15) is 0 Å². The Bertz CT molecular complexity index is 1630. The van der Waals surface area contributed by atoms with Gasteiger partial charge in [0.25, 0.3) is 11.8 Å². The molecule has 0 aliphatic heterocycles. The van der Waals surface area contributed by atoms with E-state index in [0.717, 1.165) is 11.1 Å². The fourth-order valence-corrected chi connectivity index (χ4v) is 4.03. The Morgan fingerprint density at radius 3 is 1.80 bits per heavy atom. The summed E-state index contributed by atoms with van der Waals surface area (Å²) < 4.78 is 0. The summed E-state index contributed by atoms with van der Waals surface area (Å²) in [5.41, 5.74) is 3.84. The molecule has 4 rings (SSSR count). The summed E-state index contributed by atoms with van der Waals surface area (Å²) in [7, 11) is 0.